The zero-order valence-corrected chi connectivity index (χ0v) is 21.9. The summed E-state index contributed by atoms with van der Waals surface area (Å²) in [7, 11) is 0.158. The van der Waals surface area contributed by atoms with Crippen LogP contribution < -0.4 is 10.2 Å². The van der Waals surface area contributed by atoms with Crippen molar-refractivity contribution in [2.24, 2.45) is 17.8 Å². The Balaban J connectivity index is 2.06. The van der Waals surface area contributed by atoms with Gasteiger partial charge in [0.15, 0.2) is 5.85 Å². The molecule has 1 fully saturated rings. The summed E-state index contributed by atoms with van der Waals surface area (Å²) in [6.07, 6.45) is 2.79. The summed E-state index contributed by atoms with van der Waals surface area (Å²) in [5.74, 6) is -0.222. The number of aliphatic hydroxyl groups is 1. The Bertz CT molecular complexity index is 964. The minimum atomic E-state index is -3.74. The summed E-state index contributed by atoms with van der Waals surface area (Å²) >= 11 is 12.5. The van der Waals surface area contributed by atoms with Crippen molar-refractivity contribution in [2.45, 2.75) is 52.0 Å². The Morgan fingerprint density at radius 3 is 2.31 bits per heavy atom. The first-order chi connectivity index (χ1) is 15.0. The molecule has 0 aromatic heterocycles. The first kappa shape index (κ1) is 25.6. The van der Waals surface area contributed by atoms with Crippen LogP contribution in [0.2, 0.25) is 10.0 Å². The largest absolute Gasteiger partial charge is 0.378 e. The van der Waals surface area contributed by atoms with Gasteiger partial charge >= 0.3 is 0 Å². The van der Waals surface area contributed by atoms with Crippen molar-refractivity contribution in [3.63, 3.8) is 0 Å². The fourth-order valence-corrected chi connectivity index (χ4v) is 7.46. The number of hydrogen-bond donors (Lipinski definition) is 1. The van der Waals surface area contributed by atoms with E-state index in [1.165, 1.54) is 0 Å². The van der Waals surface area contributed by atoms with Crippen molar-refractivity contribution in [1.82, 2.24) is 0 Å². The second kappa shape index (κ2) is 10.5. The van der Waals surface area contributed by atoms with Gasteiger partial charge in [-0.05, 0) is 67.0 Å². The lowest BCUT2D eigenvalue weighted by Gasteiger charge is -2.40. The highest BCUT2D eigenvalue weighted by Crippen LogP contribution is 2.61. The van der Waals surface area contributed by atoms with Gasteiger partial charge in [-0.25, -0.2) is 0 Å². The van der Waals surface area contributed by atoms with Crippen LogP contribution in [0.15, 0.2) is 42.5 Å². The monoisotopic (exact) mass is 497 g/mol. The average Bonchev–Trinajstić information content (AvgIpc) is 2.73. The predicted molar refractivity (Wildman–Crippen MR) is 136 cm³/mol. The van der Waals surface area contributed by atoms with Gasteiger partial charge in [-0.15, -0.1) is 0 Å². The Morgan fingerprint density at radius 2 is 1.75 bits per heavy atom. The summed E-state index contributed by atoms with van der Waals surface area (Å²) < 4.78 is 21.1. The van der Waals surface area contributed by atoms with Crippen LogP contribution in [0.1, 0.15) is 51.4 Å². The summed E-state index contributed by atoms with van der Waals surface area (Å²) in [5.41, 5.74) is 1.34. The number of rotatable bonds is 7. The van der Waals surface area contributed by atoms with Crippen LogP contribution in [-0.2, 0) is 9.09 Å². The number of hydrogen-bond acceptors (Lipinski definition) is 4. The average molecular weight is 498 g/mol. The highest BCUT2D eigenvalue weighted by Gasteiger charge is 2.43. The normalized spacial score (nSPS) is 24.2. The molecule has 1 aliphatic carbocycles. The van der Waals surface area contributed by atoms with Gasteiger partial charge in [-0.3, -0.25) is 4.57 Å². The fraction of sp³-hybridized carbons (Fsp3) is 0.520. The van der Waals surface area contributed by atoms with E-state index in [1.54, 1.807) is 30.3 Å². The Hall–Kier alpha value is -1.03. The van der Waals surface area contributed by atoms with Crippen molar-refractivity contribution >= 4 is 41.6 Å². The maximum Gasteiger partial charge on any atom is 0.264 e. The first-order valence-corrected chi connectivity index (χ1v) is 13.7. The standard InChI is InChI=1S/C25H34Cl2NO3P/c1-16(2)21-12-6-17(3)14-24(21)31-32(30,20-10-8-19(9-11-20)28(4)5)25(29)22-13-7-18(26)15-23(22)27/h7-11,13,15-17,21,24-25,29H,6,12,14H2,1-5H3. The molecule has 2 aromatic rings. The Labute approximate surface area is 202 Å². The topological polar surface area (TPSA) is 49.8 Å². The molecule has 4 nitrogen and oxygen atoms in total. The number of anilines is 1. The third kappa shape index (κ3) is 5.54. The summed E-state index contributed by atoms with van der Waals surface area (Å²) in [6, 6.07) is 12.2. The van der Waals surface area contributed by atoms with Crippen molar-refractivity contribution in [3.8, 4) is 0 Å². The second-order valence-electron chi connectivity index (χ2n) is 9.52. The SMILES string of the molecule is CC1CCC(C(C)C)C(OP(=O)(c2ccc(N(C)C)cc2)C(O)c2ccc(Cl)cc2Cl)C1. The van der Waals surface area contributed by atoms with Gasteiger partial charge in [0.25, 0.3) is 7.37 Å². The molecule has 0 spiro atoms. The Kier molecular flexibility index (Phi) is 8.39. The van der Waals surface area contributed by atoms with Crippen molar-refractivity contribution in [2.75, 3.05) is 19.0 Å². The van der Waals surface area contributed by atoms with Crippen LogP contribution >= 0.6 is 30.6 Å². The van der Waals surface area contributed by atoms with Gasteiger partial charge in [0.05, 0.1) is 6.10 Å². The second-order valence-corrected chi connectivity index (χ2v) is 12.8. The van der Waals surface area contributed by atoms with E-state index in [9.17, 15) is 9.67 Å². The number of aliphatic hydroxyl groups excluding tert-OH is 1. The van der Waals surface area contributed by atoms with Gasteiger partial charge in [0, 0.05) is 40.7 Å². The van der Waals surface area contributed by atoms with Crippen molar-refractivity contribution in [1.29, 1.82) is 0 Å². The molecule has 3 rings (SSSR count). The summed E-state index contributed by atoms with van der Waals surface area (Å²) in [5, 5.41) is 12.7. The first-order valence-electron chi connectivity index (χ1n) is 11.2. The van der Waals surface area contributed by atoms with Gasteiger partial charge < -0.3 is 14.5 Å². The van der Waals surface area contributed by atoms with Crippen LogP contribution in [0.5, 0.6) is 0 Å². The molecular formula is C25H34Cl2NO3P. The van der Waals surface area contributed by atoms with Gasteiger partial charge in [0.1, 0.15) is 0 Å². The quantitative estimate of drug-likeness (QED) is 0.413. The van der Waals surface area contributed by atoms with E-state index >= 15 is 0 Å². The van der Waals surface area contributed by atoms with Crippen LogP contribution in [0.3, 0.4) is 0 Å². The maximum atomic E-state index is 14.6. The van der Waals surface area contributed by atoms with E-state index in [4.69, 9.17) is 27.7 Å². The molecule has 1 aliphatic rings. The highest BCUT2D eigenvalue weighted by atomic mass is 35.5. The molecule has 0 aliphatic heterocycles. The predicted octanol–water partition coefficient (Wildman–Crippen LogP) is 7.13. The van der Waals surface area contributed by atoms with Gasteiger partial charge in [0.2, 0.25) is 0 Å². The summed E-state index contributed by atoms with van der Waals surface area (Å²) in [6.45, 7) is 6.57. The molecular weight excluding hydrogens is 464 g/mol. The number of nitrogens with zero attached hydrogens (tertiary/aromatic N) is 1. The van der Waals surface area contributed by atoms with Gasteiger partial charge in [-0.1, -0.05) is 56.5 Å². The van der Waals surface area contributed by atoms with Crippen molar-refractivity contribution in [3.05, 3.63) is 58.1 Å². The maximum absolute atomic E-state index is 14.6. The van der Waals surface area contributed by atoms with Crippen LogP contribution in [0.4, 0.5) is 5.69 Å². The molecule has 1 N–H and O–H groups in total. The van der Waals surface area contributed by atoms with E-state index in [-0.39, 0.29) is 17.0 Å². The molecule has 0 radical (unpaired) electrons. The lowest BCUT2D eigenvalue weighted by atomic mass is 9.75. The zero-order valence-electron chi connectivity index (χ0n) is 19.5. The number of benzene rings is 2. The molecule has 5 atom stereocenters. The molecule has 176 valence electrons. The lowest BCUT2D eigenvalue weighted by molar-refractivity contribution is 0.0427. The van der Waals surface area contributed by atoms with Crippen LogP contribution in [0, 0.1) is 17.8 Å². The third-order valence-electron chi connectivity index (χ3n) is 6.54. The molecule has 32 heavy (non-hydrogen) atoms. The minimum absolute atomic E-state index is 0.196. The fourth-order valence-electron chi connectivity index (χ4n) is 4.55. The minimum Gasteiger partial charge on any atom is -0.378 e. The molecule has 0 amide bonds. The van der Waals surface area contributed by atoms with E-state index in [1.807, 2.05) is 31.1 Å². The van der Waals surface area contributed by atoms with E-state index in [0.29, 0.717) is 27.7 Å². The molecule has 0 bridgehead atoms. The van der Waals surface area contributed by atoms with Crippen molar-refractivity contribution < 1.29 is 14.2 Å². The molecule has 7 heteroatoms. The molecule has 2 aromatic carbocycles. The third-order valence-corrected chi connectivity index (χ3v) is 9.63. The van der Waals surface area contributed by atoms with E-state index in [2.05, 4.69) is 20.8 Å². The zero-order chi connectivity index (χ0) is 23.6. The number of halogens is 2. The molecule has 0 heterocycles. The lowest BCUT2D eigenvalue weighted by Crippen LogP contribution is -2.35. The van der Waals surface area contributed by atoms with E-state index < -0.39 is 13.2 Å². The molecule has 0 saturated heterocycles. The van der Waals surface area contributed by atoms with Crippen LogP contribution in [0.25, 0.3) is 0 Å². The Morgan fingerprint density at radius 1 is 1.09 bits per heavy atom. The summed E-state index contributed by atoms with van der Waals surface area (Å²) in [4.78, 5) is 1.97. The van der Waals surface area contributed by atoms with E-state index in [0.717, 1.165) is 24.9 Å². The molecule has 5 unspecified atom stereocenters. The highest BCUT2D eigenvalue weighted by molar-refractivity contribution is 7.67. The van der Waals surface area contributed by atoms with Gasteiger partial charge in [-0.2, -0.15) is 0 Å². The van der Waals surface area contributed by atoms with Crippen LogP contribution in [-0.4, -0.2) is 25.3 Å². The molecule has 1 saturated carbocycles. The smallest absolute Gasteiger partial charge is 0.264 e.